The van der Waals surface area contributed by atoms with E-state index >= 15 is 0 Å². The van der Waals surface area contributed by atoms with Crippen molar-refractivity contribution in [1.29, 1.82) is 0 Å². The van der Waals surface area contributed by atoms with Gasteiger partial charge in [0.15, 0.2) is 0 Å². The molecule has 4 heteroatoms. The highest BCUT2D eigenvalue weighted by Crippen LogP contribution is 2.10. The average Bonchev–Trinajstić information content (AvgIpc) is 2.47. The number of carbonyl (C=O) groups is 1. The van der Waals surface area contributed by atoms with Crippen molar-refractivity contribution in [2.75, 3.05) is 31.6 Å². The van der Waals surface area contributed by atoms with Gasteiger partial charge in [0.1, 0.15) is 0 Å². The molecule has 4 nitrogen and oxygen atoms in total. The molecule has 0 aliphatic rings. The van der Waals surface area contributed by atoms with Crippen molar-refractivity contribution in [1.82, 2.24) is 10.6 Å². The van der Waals surface area contributed by atoms with Crippen molar-refractivity contribution in [2.45, 2.75) is 39.2 Å². The number of anilines is 1. The molecule has 1 amide bonds. The molecule has 0 aliphatic heterocycles. The van der Waals surface area contributed by atoms with Gasteiger partial charge in [-0.2, -0.15) is 0 Å². The molecule has 1 rings (SSSR count). The normalized spacial score (nSPS) is 11.2. The number of nitrogens with one attached hydrogen (secondary N) is 2. The Labute approximate surface area is 128 Å². The van der Waals surface area contributed by atoms with Crippen LogP contribution in [0.3, 0.4) is 0 Å². The average molecular weight is 291 g/mol. The number of carbonyl (C=O) groups excluding carboxylic acids is 1. The van der Waals surface area contributed by atoms with Crippen molar-refractivity contribution < 1.29 is 4.79 Å². The fourth-order valence-electron chi connectivity index (χ4n) is 1.96. The lowest BCUT2D eigenvalue weighted by Crippen LogP contribution is -2.46. The molecule has 21 heavy (non-hydrogen) atoms. The third-order valence-corrected chi connectivity index (χ3v) is 3.69. The number of para-hydroxylation sites is 1. The summed E-state index contributed by atoms with van der Waals surface area (Å²) in [6.45, 7) is 8.36. The van der Waals surface area contributed by atoms with Crippen LogP contribution >= 0.6 is 0 Å². The number of nitrogens with zero attached hydrogens (tertiary/aromatic N) is 1. The summed E-state index contributed by atoms with van der Waals surface area (Å²) >= 11 is 0. The Morgan fingerprint density at radius 2 is 1.90 bits per heavy atom. The van der Waals surface area contributed by atoms with E-state index in [2.05, 4.69) is 41.6 Å². The summed E-state index contributed by atoms with van der Waals surface area (Å²) in [6, 6.07) is 10.3. The fourth-order valence-corrected chi connectivity index (χ4v) is 1.96. The standard InChI is InChI=1S/C17H29N3O/c1-5-17(2,3)19-16(21)14-18-12-9-13-20(4)15-10-7-6-8-11-15/h6-8,10-11,18H,5,9,12-14H2,1-4H3,(H,19,21). The Balaban J connectivity index is 2.13. The summed E-state index contributed by atoms with van der Waals surface area (Å²) in [5.74, 6) is 0.0678. The van der Waals surface area contributed by atoms with E-state index in [1.165, 1.54) is 5.69 Å². The first-order chi connectivity index (χ1) is 9.94. The van der Waals surface area contributed by atoms with E-state index in [9.17, 15) is 4.79 Å². The second kappa shape index (κ2) is 8.67. The van der Waals surface area contributed by atoms with Crippen molar-refractivity contribution in [3.63, 3.8) is 0 Å². The molecular weight excluding hydrogens is 262 g/mol. The van der Waals surface area contributed by atoms with Crippen LogP contribution in [0, 0.1) is 0 Å². The minimum atomic E-state index is -0.119. The highest BCUT2D eigenvalue weighted by atomic mass is 16.2. The van der Waals surface area contributed by atoms with Crippen molar-refractivity contribution in [2.24, 2.45) is 0 Å². The van der Waals surface area contributed by atoms with Gasteiger partial charge >= 0.3 is 0 Å². The summed E-state index contributed by atoms with van der Waals surface area (Å²) in [4.78, 5) is 14.0. The van der Waals surface area contributed by atoms with E-state index in [-0.39, 0.29) is 11.4 Å². The Morgan fingerprint density at radius 3 is 2.52 bits per heavy atom. The maximum atomic E-state index is 11.8. The zero-order chi connectivity index (χ0) is 15.7. The lowest BCUT2D eigenvalue weighted by Gasteiger charge is -2.24. The van der Waals surface area contributed by atoms with E-state index < -0.39 is 0 Å². The van der Waals surface area contributed by atoms with E-state index in [0.29, 0.717) is 6.54 Å². The monoisotopic (exact) mass is 291 g/mol. The summed E-state index contributed by atoms with van der Waals surface area (Å²) in [6.07, 6.45) is 1.94. The van der Waals surface area contributed by atoms with Crippen LogP contribution in [-0.2, 0) is 4.79 Å². The van der Waals surface area contributed by atoms with Gasteiger partial charge in [-0.05, 0) is 45.4 Å². The Bertz CT molecular complexity index is 417. The van der Waals surface area contributed by atoms with Crippen molar-refractivity contribution >= 4 is 11.6 Å². The van der Waals surface area contributed by atoms with E-state index in [1.807, 2.05) is 32.0 Å². The minimum absolute atomic E-state index is 0.0678. The molecular formula is C17H29N3O. The Morgan fingerprint density at radius 1 is 1.24 bits per heavy atom. The van der Waals surface area contributed by atoms with Gasteiger partial charge < -0.3 is 15.5 Å². The first-order valence-corrected chi connectivity index (χ1v) is 7.72. The summed E-state index contributed by atoms with van der Waals surface area (Å²) in [5.41, 5.74) is 1.10. The first-order valence-electron chi connectivity index (χ1n) is 7.72. The van der Waals surface area contributed by atoms with Crippen LogP contribution in [0.25, 0.3) is 0 Å². The van der Waals surface area contributed by atoms with E-state index in [1.54, 1.807) is 0 Å². The zero-order valence-electron chi connectivity index (χ0n) is 13.8. The lowest BCUT2D eigenvalue weighted by atomic mass is 10.0. The molecule has 118 valence electrons. The van der Waals surface area contributed by atoms with Gasteiger partial charge in [-0.3, -0.25) is 4.79 Å². The third kappa shape index (κ3) is 7.14. The zero-order valence-corrected chi connectivity index (χ0v) is 13.8. The highest BCUT2D eigenvalue weighted by molar-refractivity contribution is 5.78. The molecule has 1 aromatic carbocycles. The smallest absolute Gasteiger partial charge is 0.234 e. The Hall–Kier alpha value is -1.55. The van der Waals surface area contributed by atoms with Gasteiger partial charge in [0.2, 0.25) is 5.91 Å². The molecule has 0 atom stereocenters. The minimum Gasteiger partial charge on any atom is -0.375 e. The number of hydrogen-bond donors (Lipinski definition) is 2. The number of hydrogen-bond acceptors (Lipinski definition) is 3. The second-order valence-electron chi connectivity index (χ2n) is 6.07. The highest BCUT2D eigenvalue weighted by Gasteiger charge is 2.16. The fraction of sp³-hybridized carbons (Fsp3) is 0.588. The van der Waals surface area contributed by atoms with E-state index in [4.69, 9.17) is 0 Å². The van der Waals surface area contributed by atoms with Crippen molar-refractivity contribution in [3.8, 4) is 0 Å². The maximum Gasteiger partial charge on any atom is 0.234 e. The van der Waals surface area contributed by atoms with Crippen LogP contribution in [0.1, 0.15) is 33.6 Å². The SMILES string of the molecule is CCC(C)(C)NC(=O)CNCCCN(C)c1ccccc1. The molecule has 0 saturated carbocycles. The van der Waals surface area contributed by atoms with Crippen molar-refractivity contribution in [3.05, 3.63) is 30.3 Å². The molecule has 0 aliphatic carbocycles. The molecule has 0 radical (unpaired) electrons. The van der Waals surface area contributed by atoms with Crippen LogP contribution in [0.2, 0.25) is 0 Å². The van der Waals surface area contributed by atoms with E-state index in [0.717, 1.165) is 25.9 Å². The topological polar surface area (TPSA) is 44.4 Å². The molecule has 0 spiro atoms. The molecule has 0 fully saturated rings. The van der Waals surface area contributed by atoms with Crippen LogP contribution in [0.5, 0.6) is 0 Å². The quantitative estimate of drug-likeness (QED) is 0.687. The van der Waals surface area contributed by atoms with Gasteiger partial charge in [0, 0.05) is 24.8 Å². The Kier molecular flexibility index (Phi) is 7.23. The van der Waals surface area contributed by atoms with Crippen LogP contribution in [0.15, 0.2) is 30.3 Å². The maximum absolute atomic E-state index is 11.8. The largest absolute Gasteiger partial charge is 0.375 e. The third-order valence-electron chi connectivity index (χ3n) is 3.69. The molecule has 0 unspecified atom stereocenters. The van der Waals surface area contributed by atoms with Gasteiger partial charge in [-0.1, -0.05) is 25.1 Å². The van der Waals surface area contributed by atoms with Gasteiger partial charge in [0.05, 0.1) is 6.54 Å². The predicted octanol–water partition coefficient (Wildman–Crippen LogP) is 2.41. The summed E-state index contributed by atoms with van der Waals surface area (Å²) in [7, 11) is 2.09. The number of rotatable bonds is 9. The predicted molar refractivity (Wildman–Crippen MR) is 89.7 cm³/mol. The first kappa shape index (κ1) is 17.5. The molecule has 0 bridgehead atoms. The van der Waals surface area contributed by atoms with Crippen LogP contribution in [-0.4, -0.2) is 38.1 Å². The van der Waals surface area contributed by atoms with Crippen LogP contribution < -0.4 is 15.5 Å². The molecule has 0 saturated heterocycles. The molecule has 1 aromatic rings. The van der Waals surface area contributed by atoms with Gasteiger partial charge in [0.25, 0.3) is 0 Å². The van der Waals surface area contributed by atoms with Crippen LogP contribution in [0.4, 0.5) is 5.69 Å². The van der Waals surface area contributed by atoms with Gasteiger partial charge in [-0.25, -0.2) is 0 Å². The molecule has 0 aromatic heterocycles. The molecule has 2 N–H and O–H groups in total. The summed E-state index contributed by atoms with van der Waals surface area (Å²) in [5, 5.41) is 6.22. The number of amides is 1. The molecule has 0 heterocycles. The number of benzene rings is 1. The van der Waals surface area contributed by atoms with Gasteiger partial charge in [-0.15, -0.1) is 0 Å². The second-order valence-corrected chi connectivity index (χ2v) is 6.07. The summed E-state index contributed by atoms with van der Waals surface area (Å²) < 4.78 is 0. The lowest BCUT2D eigenvalue weighted by molar-refractivity contribution is -0.121.